The van der Waals surface area contributed by atoms with Crippen molar-refractivity contribution in [3.63, 3.8) is 0 Å². The fourth-order valence-corrected chi connectivity index (χ4v) is 1.43. The van der Waals surface area contributed by atoms with Crippen LogP contribution in [0.1, 0.15) is 13.3 Å². The monoisotopic (exact) mass is 259 g/mol. The summed E-state index contributed by atoms with van der Waals surface area (Å²) >= 11 is 0. The number of ether oxygens (including phenoxy) is 2. The number of halogens is 2. The van der Waals surface area contributed by atoms with Crippen LogP contribution in [0.25, 0.3) is 0 Å². The molecular weight excluding hydrogens is 244 g/mol. The maximum atomic E-state index is 12.0. The Bertz CT molecular complexity index is 399. The summed E-state index contributed by atoms with van der Waals surface area (Å²) in [6.07, 6.45) is 0.520. The topological polar surface area (TPSA) is 47.6 Å². The molecule has 1 atom stereocenters. The molecule has 0 aliphatic carbocycles. The highest BCUT2D eigenvalue weighted by Gasteiger charge is 2.16. The average Bonchev–Trinajstić information content (AvgIpc) is 2.34. The van der Waals surface area contributed by atoms with Gasteiger partial charge in [0, 0.05) is 11.8 Å². The maximum absolute atomic E-state index is 12.0. The maximum Gasteiger partial charge on any atom is 0.387 e. The fourth-order valence-electron chi connectivity index (χ4n) is 1.43. The molecule has 0 spiro atoms. The Labute approximate surface area is 104 Å². The van der Waals surface area contributed by atoms with E-state index in [0.29, 0.717) is 12.1 Å². The molecule has 0 fully saturated rings. The molecule has 0 amide bonds. The van der Waals surface area contributed by atoms with E-state index in [-0.39, 0.29) is 5.75 Å². The van der Waals surface area contributed by atoms with E-state index in [1.165, 1.54) is 19.2 Å². The number of benzene rings is 1. The van der Waals surface area contributed by atoms with Gasteiger partial charge in [-0.3, -0.25) is 0 Å². The Hall–Kier alpha value is -1.85. The van der Waals surface area contributed by atoms with Gasteiger partial charge in [0.2, 0.25) is 0 Å². The van der Waals surface area contributed by atoms with Crippen LogP contribution in [0, 0.1) is 0 Å². The molecule has 1 N–H and O–H groups in total. The van der Waals surface area contributed by atoms with Crippen LogP contribution in [0.15, 0.2) is 24.3 Å². The van der Waals surface area contributed by atoms with Crippen LogP contribution in [0.2, 0.25) is 0 Å². The minimum absolute atomic E-state index is 0.0368. The Morgan fingerprint density at radius 3 is 2.72 bits per heavy atom. The van der Waals surface area contributed by atoms with Crippen LogP contribution >= 0.6 is 0 Å². The molecule has 6 heteroatoms. The van der Waals surface area contributed by atoms with Crippen LogP contribution in [0.3, 0.4) is 0 Å². The van der Waals surface area contributed by atoms with Crippen molar-refractivity contribution < 1.29 is 23.0 Å². The van der Waals surface area contributed by atoms with Gasteiger partial charge in [-0.25, -0.2) is 4.79 Å². The van der Waals surface area contributed by atoms with Gasteiger partial charge in [-0.05, 0) is 18.6 Å². The van der Waals surface area contributed by atoms with Crippen molar-refractivity contribution >= 4 is 11.7 Å². The van der Waals surface area contributed by atoms with E-state index in [4.69, 9.17) is 0 Å². The van der Waals surface area contributed by atoms with Gasteiger partial charge in [0.1, 0.15) is 11.8 Å². The van der Waals surface area contributed by atoms with Crippen LogP contribution in [0.4, 0.5) is 14.5 Å². The van der Waals surface area contributed by atoms with Crippen molar-refractivity contribution in [2.24, 2.45) is 0 Å². The molecule has 0 saturated carbocycles. The van der Waals surface area contributed by atoms with Crippen molar-refractivity contribution in [2.75, 3.05) is 12.4 Å². The third-order valence-electron chi connectivity index (χ3n) is 2.29. The standard InChI is InChI=1S/C12H15F2NO3/c1-3-10(11(16)17-2)15-8-5-4-6-9(7-8)18-12(13)14/h4-7,10,12,15H,3H2,1-2H3. The number of methoxy groups -OCH3 is 1. The second kappa shape index (κ2) is 6.78. The molecule has 1 unspecified atom stereocenters. The van der Waals surface area contributed by atoms with Crippen molar-refractivity contribution in [1.29, 1.82) is 0 Å². The summed E-state index contributed by atoms with van der Waals surface area (Å²) in [5, 5.41) is 2.89. The minimum atomic E-state index is -2.87. The van der Waals surface area contributed by atoms with Gasteiger partial charge in [-0.2, -0.15) is 8.78 Å². The van der Waals surface area contributed by atoms with Crippen LogP contribution in [0.5, 0.6) is 5.75 Å². The molecule has 18 heavy (non-hydrogen) atoms. The third-order valence-corrected chi connectivity index (χ3v) is 2.29. The molecule has 0 saturated heterocycles. The SMILES string of the molecule is CCC(Nc1cccc(OC(F)F)c1)C(=O)OC. The average molecular weight is 259 g/mol. The van der Waals surface area contributed by atoms with Gasteiger partial charge >= 0.3 is 12.6 Å². The number of nitrogens with one attached hydrogen (secondary N) is 1. The van der Waals surface area contributed by atoms with Crippen molar-refractivity contribution in [3.05, 3.63) is 24.3 Å². The van der Waals surface area contributed by atoms with Gasteiger partial charge < -0.3 is 14.8 Å². The van der Waals surface area contributed by atoms with Gasteiger partial charge in [0.15, 0.2) is 0 Å². The Morgan fingerprint density at radius 2 is 2.17 bits per heavy atom. The number of carbonyl (C=O) groups excluding carboxylic acids is 1. The molecule has 1 aromatic rings. The number of hydrogen-bond acceptors (Lipinski definition) is 4. The van der Waals surface area contributed by atoms with Gasteiger partial charge in [-0.1, -0.05) is 13.0 Å². The van der Waals surface area contributed by atoms with E-state index in [1.54, 1.807) is 12.1 Å². The predicted molar refractivity (Wildman–Crippen MR) is 62.8 cm³/mol. The minimum Gasteiger partial charge on any atom is -0.467 e. The molecule has 1 rings (SSSR count). The highest BCUT2D eigenvalue weighted by molar-refractivity contribution is 5.79. The number of carbonyl (C=O) groups is 1. The summed E-state index contributed by atoms with van der Waals surface area (Å²) < 4.78 is 33.0. The van der Waals surface area contributed by atoms with Crippen LogP contribution < -0.4 is 10.1 Å². The highest BCUT2D eigenvalue weighted by Crippen LogP contribution is 2.20. The Balaban J connectivity index is 2.74. The zero-order valence-corrected chi connectivity index (χ0v) is 10.2. The summed E-state index contributed by atoms with van der Waals surface area (Å²) in [4.78, 5) is 11.4. The molecule has 0 bridgehead atoms. The van der Waals surface area contributed by atoms with Crippen molar-refractivity contribution in [1.82, 2.24) is 0 Å². The number of esters is 1. The van der Waals surface area contributed by atoms with Gasteiger partial charge in [-0.15, -0.1) is 0 Å². The van der Waals surface area contributed by atoms with E-state index in [0.717, 1.165) is 0 Å². The largest absolute Gasteiger partial charge is 0.467 e. The molecule has 0 heterocycles. The zero-order chi connectivity index (χ0) is 13.5. The van der Waals surface area contributed by atoms with Gasteiger partial charge in [0.25, 0.3) is 0 Å². The first-order valence-corrected chi connectivity index (χ1v) is 5.46. The van der Waals surface area contributed by atoms with E-state index >= 15 is 0 Å². The van der Waals surface area contributed by atoms with Crippen molar-refractivity contribution in [3.8, 4) is 5.75 Å². The normalized spacial score (nSPS) is 12.1. The first kappa shape index (κ1) is 14.2. The lowest BCUT2D eigenvalue weighted by Crippen LogP contribution is -2.29. The first-order chi connectivity index (χ1) is 8.56. The summed E-state index contributed by atoms with van der Waals surface area (Å²) in [5.41, 5.74) is 0.519. The summed E-state index contributed by atoms with van der Waals surface area (Å²) in [6.45, 7) is -1.06. The van der Waals surface area contributed by atoms with E-state index in [1.807, 2.05) is 6.92 Å². The van der Waals surface area contributed by atoms with Crippen LogP contribution in [-0.4, -0.2) is 25.7 Å². The third kappa shape index (κ3) is 4.20. The lowest BCUT2D eigenvalue weighted by Gasteiger charge is -2.16. The van der Waals surface area contributed by atoms with Gasteiger partial charge in [0.05, 0.1) is 7.11 Å². The predicted octanol–water partition coefficient (Wildman–Crippen LogP) is 2.65. The number of rotatable bonds is 6. The second-order valence-corrected chi connectivity index (χ2v) is 3.53. The van der Waals surface area contributed by atoms with E-state index in [9.17, 15) is 13.6 Å². The fraction of sp³-hybridized carbons (Fsp3) is 0.417. The lowest BCUT2D eigenvalue weighted by molar-refractivity contribution is -0.141. The molecule has 0 radical (unpaired) electrons. The number of hydrogen-bond donors (Lipinski definition) is 1. The second-order valence-electron chi connectivity index (χ2n) is 3.53. The molecule has 0 aliphatic rings. The molecule has 4 nitrogen and oxygen atoms in total. The summed E-state index contributed by atoms with van der Waals surface area (Å²) in [6, 6.07) is 5.51. The molecule has 0 aromatic heterocycles. The molecule has 100 valence electrons. The van der Waals surface area contributed by atoms with Crippen LogP contribution in [-0.2, 0) is 9.53 Å². The van der Waals surface area contributed by atoms with Crippen molar-refractivity contribution in [2.45, 2.75) is 26.0 Å². The lowest BCUT2D eigenvalue weighted by atomic mass is 10.2. The Kier molecular flexibility index (Phi) is 5.35. The van der Waals surface area contributed by atoms with E-state index < -0.39 is 18.6 Å². The number of alkyl halides is 2. The zero-order valence-electron chi connectivity index (χ0n) is 10.2. The van der Waals surface area contributed by atoms with E-state index in [2.05, 4.69) is 14.8 Å². The molecule has 0 aliphatic heterocycles. The summed E-state index contributed by atoms with van der Waals surface area (Å²) in [7, 11) is 1.29. The highest BCUT2D eigenvalue weighted by atomic mass is 19.3. The quantitative estimate of drug-likeness (QED) is 0.798. The molecule has 1 aromatic carbocycles. The Morgan fingerprint density at radius 1 is 1.44 bits per heavy atom. The number of anilines is 1. The first-order valence-electron chi connectivity index (χ1n) is 5.46. The molecular formula is C12H15F2NO3. The smallest absolute Gasteiger partial charge is 0.387 e. The summed E-state index contributed by atoms with van der Waals surface area (Å²) in [5.74, 6) is -0.368.